The zero-order valence-electron chi connectivity index (χ0n) is 20.6. The number of piperidine rings is 1. The van der Waals surface area contributed by atoms with Crippen molar-refractivity contribution in [2.75, 3.05) is 24.6 Å². The number of carbonyl (C=O) groups excluding carboxylic acids is 2. The molecule has 0 aliphatic carbocycles. The lowest BCUT2D eigenvalue weighted by molar-refractivity contribution is 0.0531. The van der Waals surface area contributed by atoms with Gasteiger partial charge in [0.15, 0.2) is 16.1 Å². The summed E-state index contributed by atoms with van der Waals surface area (Å²) in [6.07, 6.45) is 1.36. The lowest BCUT2D eigenvalue weighted by Gasteiger charge is -2.39. The van der Waals surface area contributed by atoms with Crippen molar-refractivity contribution in [2.24, 2.45) is 0 Å². The topological polar surface area (TPSA) is 112 Å². The minimum atomic E-state index is -0.344. The van der Waals surface area contributed by atoms with E-state index < -0.39 is 0 Å². The number of imidazole rings is 1. The summed E-state index contributed by atoms with van der Waals surface area (Å²) in [6.45, 7) is 7.84. The molecule has 11 heteroatoms. The van der Waals surface area contributed by atoms with Gasteiger partial charge in [-0.15, -0.1) is 0 Å². The number of rotatable bonds is 9. The Hall–Kier alpha value is -2.95. The Bertz CT molecular complexity index is 1200. The maximum absolute atomic E-state index is 13.0. The van der Waals surface area contributed by atoms with Gasteiger partial charge in [-0.2, -0.15) is 0 Å². The number of aromatic amines is 1. The Morgan fingerprint density at radius 2 is 2.00 bits per heavy atom. The van der Waals surface area contributed by atoms with Crippen LogP contribution < -0.4 is 15.5 Å². The van der Waals surface area contributed by atoms with Crippen molar-refractivity contribution in [1.29, 1.82) is 0 Å². The number of H-pyrrole nitrogens is 1. The Labute approximate surface area is 219 Å². The summed E-state index contributed by atoms with van der Waals surface area (Å²) in [6, 6.07) is 9.93. The maximum Gasteiger partial charge on any atom is 0.350 e. The predicted octanol–water partition coefficient (Wildman–Crippen LogP) is 3.73. The number of aromatic nitrogens is 3. The number of amides is 1. The molecule has 2 atom stereocenters. The fourth-order valence-electron chi connectivity index (χ4n) is 4.22. The van der Waals surface area contributed by atoms with Gasteiger partial charge in [0, 0.05) is 31.7 Å². The van der Waals surface area contributed by atoms with Crippen molar-refractivity contribution >= 4 is 39.9 Å². The third kappa shape index (κ3) is 6.05. The van der Waals surface area contributed by atoms with Crippen molar-refractivity contribution < 1.29 is 14.3 Å². The normalized spacial score (nSPS) is 17.7. The summed E-state index contributed by atoms with van der Waals surface area (Å²) in [5.41, 5.74) is 2.56. The SMILES string of the molecule is CCOC(=O)c1sc(N2CCC(NC(=O)c3nc(Cl)c(CC)[nH]3)C(NCc3ccccc3)C2)nc1C. The number of anilines is 1. The largest absolute Gasteiger partial charge is 0.462 e. The molecule has 3 heterocycles. The first kappa shape index (κ1) is 26.1. The predicted molar refractivity (Wildman–Crippen MR) is 141 cm³/mol. The van der Waals surface area contributed by atoms with Crippen LogP contribution in [0.25, 0.3) is 0 Å². The number of aryl methyl sites for hydroxylation is 2. The summed E-state index contributed by atoms with van der Waals surface area (Å²) in [5, 5.41) is 7.85. The summed E-state index contributed by atoms with van der Waals surface area (Å²) < 4.78 is 5.17. The van der Waals surface area contributed by atoms with Crippen LogP contribution in [-0.2, 0) is 17.7 Å². The molecule has 1 amide bonds. The van der Waals surface area contributed by atoms with Gasteiger partial charge in [-0.3, -0.25) is 4.79 Å². The molecule has 1 aliphatic rings. The molecule has 3 N–H and O–H groups in total. The summed E-state index contributed by atoms with van der Waals surface area (Å²) in [5.74, 6) is -0.407. The minimum absolute atomic E-state index is 0.0609. The minimum Gasteiger partial charge on any atom is -0.462 e. The van der Waals surface area contributed by atoms with E-state index in [1.165, 1.54) is 11.3 Å². The van der Waals surface area contributed by atoms with E-state index in [1.54, 1.807) is 6.92 Å². The standard InChI is InChI=1S/C25H31ClN6O3S/c1-4-17-21(26)31-22(29-17)23(33)30-18-11-12-32(14-19(18)27-13-16-9-7-6-8-10-16)25-28-15(3)20(36-25)24(34)35-5-2/h6-10,18-19,27H,4-5,11-14H2,1-3H3,(H,29,31)(H,30,33). The lowest BCUT2D eigenvalue weighted by Crippen LogP contribution is -2.59. The van der Waals surface area contributed by atoms with Crippen LogP contribution in [0.3, 0.4) is 0 Å². The Morgan fingerprint density at radius 1 is 1.22 bits per heavy atom. The lowest BCUT2D eigenvalue weighted by atomic mass is 9.99. The molecule has 0 saturated carbocycles. The Balaban J connectivity index is 1.50. The molecule has 0 radical (unpaired) electrons. The molecule has 3 aromatic rings. The Morgan fingerprint density at radius 3 is 2.69 bits per heavy atom. The second-order valence-electron chi connectivity index (χ2n) is 8.63. The zero-order chi connectivity index (χ0) is 25.7. The number of thiazole rings is 1. The smallest absolute Gasteiger partial charge is 0.350 e. The van der Waals surface area contributed by atoms with Crippen molar-refractivity contribution in [3.8, 4) is 0 Å². The molecule has 0 bridgehead atoms. The number of nitrogens with one attached hydrogen (secondary N) is 3. The van der Waals surface area contributed by atoms with Gasteiger partial charge in [0.1, 0.15) is 4.88 Å². The van der Waals surface area contributed by atoms with Crippen molar-refractivity contribution in [2.45, 2.75) is 52.2 Å². The third-order valence-corrected chi connectivity index (χ3v) is 7.66. The quantitative estimate of drug-likeness (QED) is 0.361. The van der Waals surface area contributed by atoms with E-state index in [1.807, 2.05) is 32.0 Å². The third-order valence-electron chi connectivity index (χ3n) is 6.15. The molecule has 0 spiro atoms. The van der Waals surface area contributed by atoms with Gasteiger partial charge in [0.25, 0.3) is 5.91 Å². The number of halogens is 1. The average Bonchev–Trinajstić information content (AvgIpc) is 3.46. The molecular formula is C25H31ClN6O3S. The van der Waals surface area contributed by atoms with Crippen LogP contribution in [0.4, 0.5) is 5.13 Å². The van der Waals surface area contributed by atoms with Crippen molar-refractivity contribution in [3.63, 3.8) is 0 Å². The number of nitrogens with zero attached hydrogens (tertiary/aromatic N) is 3. The highest BCUT2D eigenvalue weighted by molar-refractivity contribution is 7.17. The summed E-state index contributed by atoms with van der Waals surface area (Å²) in [4.78, 5) is 39.8. The van der Waals surface area contributed by atoms with E-state index >= 15 is 0 Å². The number of hydrogen-bond donors (Lipinski definition) is 3. The number of ether oxygens (including phenoxy) is 1. The van der Waals surface area contributed by atoms with Crippen LogP contribution in [0.2, 0.25) is 5.15 Å². The van der Waals surface area contributed by atoms with Gasteiger partial charge < -0.3 is 25.3 Å². The van der Waals surface area contributed by atoms with Crippen molar-refractivity contribution in [1.82, 2.24) is 25.6 Å². The molecule has 2 unspecified atom stereocenters. The molecule has 1 fully saturated rings. The van der Waals surface area contributed by atoms with E-state index in [-0.39, 0.29) is 29.8 Å². The van der Waals surface area contributed by atoms with E-state index in [0.29, 0.717) is 54.8 Å². The molecule has 4 rings (SSSR count). The van der Waals surface area contributed by atoms with Crippen LogP contribution in [0, 0.1) is 6.92 Å². The average molecular weight is 531 g/mol. The number of hydrogen-bond acceptors (Lipinski definition) is 8. The fourth-order valence-corrected chi connectivity index (χ4v) is 5.48. The molecule has 1 saturated heterocycles. The fraction of sp³-hybridized carbons (Fsp3) is 0.440. The van der Waals surface area contributed by atoms with E-state index in [2.05, 4.69) is 42.6 Å². The summed E-state index contributed by atoms with van der Waals surface area (Å²) in [7, 11) is 0. The maximum atomic E-state index is 13.0. The number of esters is 1. The Kier molecular flexibility index (Phi) is 8.60. The van der Waals surface area contributed by atoms with E-state index in [9.17, 15) is 9.59 Å². The molecule has 9 nitrogen and oxygen atoms in total. The second-order valence-corrected chi connectivity index (χ2v) is 9.96. The first-order valence-corrected chi connectivity index (χ1v) is 13.3. The monoisotopic (exact) mass is 530 g/mol. The van der Waals surface area contributed by atoms with Crippen LogP contribution in [-0.4, -0.2) is 58.6 Å². The second kappa shape index (κ2) is 11.9. The van der Waals surface area contributed by atoms with Gasteiger partial charge in [-0.1, -0.05) is 60.2 Å². The first-order chi connectivity index (χ1) is 17.4. The van der Waals surface area contributed by atoms with Gasteiger partial charge in [0.2, 0.25) is 0 Å². The highest BCUT2D eigenvalue weighted by Crippen LogP contribution is 2.29. The number of carbonyl (C=O) groups is 2. The van der Waals surface area contributed by atoms with Crippen LogP contribution in [0.15, 0.2) is 30.3 Å². The van der Waals surface area contributed by atoms with E-state index in [0.717, 1.165) is 16.4 Å². The van der Waals surface area contributed by atoms with Gasteiger partial charge >= 0.3 is 5.97 Å². The molecule has 36 heavy (non-hydrogen) atoms. The molecule has 2 aromatic heterocycles. The van der Waals surface area contributed by atoms with Gasteiger partial charge in [-0.05, 0) is 32.3 Å². The highest BCUT2D eigenvalue weighted by atomic mass is 35.5. The van der Waals surface area contributed by atoms with Gasteiger partial charge in [-0.25, -0.2) is 14.8 Å². The van der Waals surface area contributed by atoms with Crippen LogP contribution in [0.5, 0.6) is 0 Å². The molecule has 1 aliphatic heterocycles. The molecule has 192 valence electrons. The zero-order valence-corrected chi connectivity index (χ0v) is 22.2. The molecule has 1 aromatic carbocycles. The number of benzene rings is 1. The van der Waals surface area contributed by atoms with E-state index in [4.69, 9.17) is 16.3 Å². The van der Waals surface area contributed by atoms with Crippen molar-refractivity contribution in [3.05, 3.63) is 63.1 Å². The van der Waals surface area contributed by atoms with Crippen LogP contribution in [0.1, 0.15) is 57.5 Å². The first-order valence-electron chi connectivity index (χ1n) is 12.1. The molecular weight excluding hydrogens is 500 g/mol. The summed E-state index contributed by atoms with van der Waals surface area (Å²) >= 11 is 7.49. The van der Waals surface area contributed by atoms with Crippen LogP contribution >= 0.6 is 22.9 Å². The van der Waals surface area contributed by atoms with Gasteiger partial charge in [0.05, 0.1) is 18.0 Å². The highest BCUT2D eigenvalue weighted by Gasteiger charge is 2.33.